The number of para-hydroxylation sites is 1. The van der Waals surface area contributed by atoms with E-state index in [-0.39, 0.29) is 10.8 Å². The molecule has 0 bridgehead atoms. The summed E-state index contributed by atoms with van der Waals surface area (Å²) < 4.78 is 26.8. The Morgan fingerprint density at radius 2 is 1.64 bits per heavy atom. The van der Waals surface area contributed by atoms with Crippen molar-refractivity contribution in [3.8, 4) is 0 Å². The number of benzene rings is 2. The van der Waals surface area contributed by atoms with Gasteiger partial charge in [0.1, 0.15) is 0 Å². The Labute approximate surface area is 128 Å². The summed E-state index contributed by atoms with van der Waals surface area (Å²) in [5.74, 6) is -0.250. The standard InChI is InChI=1S/C16H14N2O3S/c1-12(19)17-15-11-18(16-10-6-5-9-14(15)16)22(20,21)13-7-3-2-4-8-13/h2-11H,1H3,(H,17,19). The molecule has 6 heteroatoms. The maximum Gasteiger partial charge on any atom is 0.268 e. The highest BCUT2D eigenvalue weighted by Crippen LogP contribution is 2.29. The Hall–Kier alpha value is -2.60. The van der Waals surface area contributed by atoms with Gasteiger partial charge in [-0.2, -0.15) is 0 Å². The van der Waals surface area contributed by atoms with Gasteiger partial charge in [0, 0.05) is 18.5 Å². The quantitative estimate of drug-likeness (QED) is 0.808. The van der Waals surface area contributed by atoms with Crippen molar-refractivity contribution in [2.24, 2.45) is 0 Å². The van der Waals surface area contributed by atoms with Crippen molar-refractivity contribution in [3.63, 3.8) is 0 Å². The minimum absolute atomic E-state index is 0.199. The van der Waals surface area contributed by atoms with Gasteiger partial charge in [0.25, 0.3) is 10.0 Å². The van der Waals surface area contributed by atoms with Crippen LogP contribution in [0.15, 0.2) is 65.7 Å². The molecule has 0 unspecified atom stereocenters. The first kappa shape index (κ1) is 14.3. The zero-order valence-electron chi connectivity index (χ0n) is 11.9. The number of amides is 1. The van der Waals surface area contributed by atoms with Crippen molar-refractivity contribution in [3.05, 3.63) is 60.8 Å². The zero-order valence-corrected chi connectivity index (χ0v) is 12.7. The number of rotatable bonds is 3. The van der Waals surface area contributed by atoms with Crippen LogP contribution in [-0.4, -0.2) is 18.3 Å². The summed E-state index contributed by atoms with van der Waals surface area (Å²) in [6, 6.07) is 15.2. The normalized spacial score (nSPS) is 11.5. The fraction of sp³-hybridized carbons (Fsp3) is 0.0625. The van der Waals surface area contributed by atoms with E-state index in [1.54, 1.807) is 54.6 Å². The van der Waals surface area contributed by atoms with Crippen LogP contribution in [0.4, 0.5) is 5.69 Å². The summed E-state index contributed by atoms with van der Waals surface area (Å²) in [6.45, 7) is 1.39. The first-order chi connectivity index (χ1) is 10.5. The van der Waals surface area contributed by atoms with Crippen molar-refractivity contribution in [2.75, 3.05) is 5.32 Å². The molecular weight excluding hydrogens is 300 g/mol. The Morgan fingerprint density at radius 1 is 1.00 bits per heavy atom. The lowest BCUT2D eigenvalue weighted by atomic mass is 10.2. The van der Waals surface area contributed by atoms with Gasteiger partial charge in [0.15, 0.2) is 0 Å². The van der Waals surface area contributed by atoms with Crippen molar-refractivity contribution in [1.82, 2.24) is 3.97 Å². The highest BCUT2D eigenvalue weighted by Gasteiger charge is 2.21. The van der Waals surface area contributed by atoms with Crippen molar-refractivity contribution >= 4 is 32.5 Å². The van der Waals surface area contributed by atoms with Gasteiger partial charge in [-0.05, 0) is 18.2 Å². The van der Waals surface area contributed by atoms with Crippen LogP contribution >= 0.6 is 0 Å². The predicted octanol–water partition coefficient (Wildman–Crippen LogP) is 2.84. The van der Waals surface area contributed by atoms with Crippen LogP contribution in [0.25, 0.3) is 10.9 Å². The summed E-state index contributed by atoms with van der Waals surface area (Å²) in [5.41, 5.74) is 0.998. The Morgan fingerprint density at radius 3 is 2.32 bits per heavy atom. The minimum Gasteiger partial charge on any atom is -0.324 e. The fourth-order valence-electron chi connectivity index (χ4n) is 2.34. The predicted molar refractivity (Wildman–Crippen MR) is 85.3 cm³/mol. The second-order valence-electron chi connectivity index (χ2n) is 4.86. The zero-order chi connectivity index (χ0) is 15.7. The molecule has 0 fully saturated rings. The van der Waals surface area contributed by atoms with Crippen molar-refractivity contribution < 1.29 is 13.2 Å². The number of hydrogen-bond donors (Lipinski definition) is 1. The van der Waals surface area contributed by atoms with E-state index >= 15 is 0 Å². The van der Waals surface area contributed by atoms with Gasteiger partial charge in [0.05, 0.1) is 16.1 Å². The summed E-state index contributed by atoms with van der Waals surface area (Å²) >= 11 is 0. The molecule has 0 radical (unpaired) electrons. The number of anilines is 1. The van der Waals surface area contributed by atoms with Crippen LogP contribution in [0.3, 0.4) is 0 Å². The summed E-state index contributed by atoms with van der Waals surface area (Å²) in [6.07, 6.45) is 1.44. The van der Waals surface area contributed by atoms with Gasteiger partial charge in [-0.3, -0.25) is 4.79 Å². The Kier molecular flexibility index (Phi) is 3.46. The first-order valence-electron chi connectivity index (χ1n) is 6.68. The number of carbonyl (C=O) groups is 1. The lowest BCUT2D eigenvalue weighted by Gasteiger charge is -2.06. The van der Waals surface area contributed by atoms with E-state index in [4.69, 9.17) is 0 Å². The smallest absolute Gasteiger partial charge is 0.268 e. The maximum absolute atomic E-state index is 12.8. The summed E-state index contributed by atoms with van der Waals surface area (Å²) in [5, 5.41) is 3.35. The number of nitrogens with one attached hydrogen (secondary N) is 1. The molecule has 0 aliphatic heterocycles. The monoisotopic (exact) mass is 314 g/mol. The van der Waals surface area contributed by atoms with Gasteiger partial charge in [0.2, 0.25) is 5.91 Å². The molecule has 5 nitrogen and oxygen atoms in total. The Balaban J connectivity index is 2.26. The average molecular weight is 314 g/mol. The molecule has 2 aromatic carbocycles. The van der Waals surface area contributed by atoms with Crippen LogP contribution < -0.4 is 5.32 Å². The molecule has 1 heterocycles. The van der Waals surface area contributed by atoms with E-state index in [0.717, 1.165) is 0 Å². The number of fused-ring (bicyclic) bond motifs is 1. The number of nitrogens with zero attached hydrogens (tertiary/aromatic N) is 1. The van der Waals surface area contributed by atoms with Crippen molar-refractivity contribution in [1.29, 1.82) is 0 Å². The molecular formula is C16H14N2O3S. The lowest BCUT2D eigenvalue weighted by Crippen LogP contribution is -2.12. The molecule has 0 saturated carbocycles. The van der Waals surface area contributed by atoms with Crippen LogP contribution in [0.1, 0.15) is 6.92 Å². The third-order valence-corrected chi connectivity index (χ3v) is 4.98. The molecule has 0 aliphatic carbocycles. The fourth-order valence-corrected chi connectivity index (χ4v) is 3.73. The molecule has 0 spiro atoms. The minimum atomic E-state index is -3.72. The van der Waals surface area contributed by atoms with Crippen LogP contribution in [-0.2, 0) is 14.8 Å². The Bertz CT molecular complexity index is 944. The van der Waals surface area contributed by atoms with Crippen LogP contribution in [0.5, 0.6) is 0 Å². The molecule has 0 saturated heterocycles. The third kappa shape index (κ3) is 2.37. The van der Waals surface area contributed by atoms with Gasteiger partial charge in [-0.15, -0.1) is 0 Å². The second-order valence-corrected chi connectivity index (χ2v) is 6.67. The lowest BCUT2D eigenvalue weighted by molar-refractivity contribution is -0.114. The van der Waals surface area contributed by atoms with E-state index in [1.165, 1.54) is 17.1 Å². The van der Waals surface area contributed by atoms with Gasteiger partial charge in [-0.25, -0.2) is 12.4 Å². The van der Waals surface area contributed by atoms with E-state index < -0.39 is 10.0 Å². The van der Waals surface area contributed by atoms with Crippen LogP contribution in [0.2, 0.25) is 0 Å². The molecule has 3 rings (SSSR count). The van der Waals surface area contributed by atoms with E-state index in [0.29, 0.717) is 16.6 Å². The SMILES string of the molecule is CC(=O)Nc1cn(S(=O)(=O)c2ccccc2)c2ccccc12. The topological polar surface area (TPSA) is 68.2 Å². The first-order valence-corrected chi connectivity index (χ1v) is 8.12. The van der Waals surface area contributed by atoms with Gasteiger partial charge < -0.3 is 5.32 Å². The molecule has 1 amide bonds. The van der Waals surface area contributed by atoms with E-state index in [2.05, 4.69) is 5.32 Å². The molecule has 3 aromatic rings. The highest BCUT2D eigenvalue weighted by atomic mass is 32.2. The molecule has 1 N–H and O–H groups in total. The third-order valence-electron chi connectivity index (χ3n) is 3.29. The number of hydrogen-bond acceptors (Lipinski definition) is 3. The number of aromatic nitrogens is 1. The summed E-state index contributed by atoms with van der Waals surface area (Å²) in [7, 11) is -3.72. The molecule has 112 valence electrons. The summed E-state index contributed by atoms with van der Waals surface area (Å²) in [4.78, 5) is 11.5. The highest BCUT2D eigenvalue weighted by molar-refractivity contribution is 7.90. The van der Waals surface area contributed by atoms with Crippen LogP contribution in [0, 0.1) is 0 Å². The van der Waals surface area contributed by atoms with Crippen molar-refractivity contribution in [2.45, 2.75) is 11.8 Å². The van der Waals surface area contributed by atoms with Gasteiger partial charge >= 0.3 is 0 Å². The van der Waals surface area contributed by atoms with E-state index in [1.807, 2.05) is 0 Å². The largest absolute Gasteiger partial charge is 0.324 e. The molecule has 0 atom stereocenters. The molecule has 1 aromatic heterocycles. The maximum atomic E-state index is 12.8. The second kappa shape index (κ2) is 5.31. The number of carbonyl (C=O) groups excluding carboxylic acids is 1. The molecule has 22 heavy (non-hydrogen) atoms. The van der Waals surface area contributed by atoms with Gasteiger partial charge in [-0.1, -0.05) is 36.4 Å². The van der Waals surface area contributed by atoms with E-state index in [9.17, 15) is 13.2 Å². The molecule has 0 aliphatic rings. The average Bonchev–Trinajstić information content (AvgIpc) is 2.87.